The third-order valence-corrected chi connectivity index (χ3v) is 4.21. The smallest absolute Gasteiger partial charge is 0.409 e. The number of amides is 2. The predicted molar refractivity (Wildman–Crippen MR) is 92.1 cm³/mol. The van der Waals surface area contributed by atoms with Crippen LogP contribution >= 0.6 is 0 Å². The molecule has 2 aromatic heterocycles. The van der Waals surface area contributed by atoms with Crippen molar-refractivity contribution in [2.24, 2.45) is 11.8 Å². The van der Waals surface area contributed by atoms with Gasteiger partial charge in [-0.1, -0.05) is 13.8 Å². The number of hydrogen-bond donors (Lipinski definition) is 1. The minimum Gasteiger partial charge on any atom is -0.449 e. The SMILES string of the molecule is CC(C)COC(=O)N1CCC(C(=O)Nc2ccnc3ccnn23)CC1. The topological polar surface area (TPSA) is 88.8 Å². The molecule has 1 saturated heterocycles. The molecule has 2 aromatic rings. The molecule has 8 nitrogen and oxygen atoms in total. The number of carbonyl (C=O) groups is 2. The van der Waals surface area contributed by atoms with Crippen LogP contribution in [0.4, 0.5) is 10.6 Å². The maximum Gasteiger partial charge on any atom is 0.409 e. The highest BCUT2D eigenvalue weighted by molar-refractivity contribution is 5.92. The highest BCUT2D eigenvalue weighted by Gasteiger charge is 2.28. The van der Waals surface area contributed by atoms with E-state index in [1.165, 1.54) is 0 Å². The lowest BCUT2D eigenvalue weighted by Gasteiger charge is -2.30. The average Bonchev–Trinajstić information content (AvgIpc) is 3.09. The van der Waals surface area contributed by atoms with Crippen molar-refractivity contribution in [3.05, 3.63) is 24.5 Å². The Bertz CT molecular complexity index is 750. The van der Waals surface area contributed by atoms with Crippen molar-refractivity contribution in [1.82, 2.24) is 19.5 Å². The van der Waals surface area contributed by atoms with E-state index in [0.29, 0.717) is 49.9 Å². The molecule has 0 aliphatic carbocycles. The van der Waals surface area contributed by atoms with Crippen LogP contribution in [0.15, 0.2) is 24.5 Å². The van der Waals surface area contributed by atoms with Gasteiger partial charge in [-0.3, -0.25) is 4.79 Å². The Morgan fingerprint density at radius 2 is 2.04 bits per heavy atom. The first-order valence-corrected chi connectivity index (χ1v) is 8.56. The third-order valence-electron chi connectivity index (χ3n) is 4.21. The summed E-state index contributed by atoms with van der Waals surface area (Å²) in [5, 5.41) is 7.07. The molecule has 25 heavy (non-hydrogen) atoms. The van der Waals surface area contributed by atoms with Gasteiger partial charge < -0.3 is 15.0 Å². The maximum absolute atomic E-state index is 12.5. The van der Waals surface area contributed by atoms with Crippen LogP contribution in [0, 0.1) is 11.8 Å². The van der Waals surface area contributed by atoms with Gasteiger partial charge in [0.2, 0.25) is 5.91 Å². The van der Waals surface area contributed by atoms with Gasteiger partial charge in [0.15, 0.2) is 5.65 Å². The minimum atomic E-state index is -0.292. The van der Waals surface area contributed by atoms with Gasteiger partial charge in [0.05, 0.1) is 12.8 Å². The van der Waals surface area contributed by atoms with Gasteiger partial charge in [-0.15, -0.1) is 0 Å². The molecule has 1 aliphatic heterocycles. The van der Waals surface area contributed by atoms with Crippen molar-refractivity contribution in [2.75, 3.05) is 25.0 Å². The van der Waals surface area contributed by atoms with Crippen LogP contribution in [0.25, 0.3) is 5.65 Å². The van der Waals surface area contributed by atoms with E-state index in [-0.39, 0.29) is 17.9 Å². The minimum absolute atomic E-state index is 0.0572. The number of nitrogens with one attached hydrogen (secondary N) is 1. The first kappa shape index (κ1) is 17.2. The summed E-state index contributed by atoms with van der Waals surface area (Å²) in [6.45, 7) is 5.48. The molecule has 0 spiro atoms. The molecule has 8 heteroatoms. The fourth-order valence-electron chi connectivity index (χ4n) is 2.81. The standard InChI is InChI=1S/C17H23N5O3/c1-12(2)11-25-17(24)21-9-5-13(6-10-21)16(23)20-15-3-7-18-14-4-8-19-22(14)15/h3-4,7-8,12-13H,5-6,9-11H2,1-2H3,(H,20,23). The number of anilines is 1. The predicted octanol–water partition coefficient (Wildman–Crippen LogP) is 2.17. The molecule has 3 rings (SSSR count). The van der Waals surface area contributed by atoms with Crippen LogP contribution in [0.3, 0.4) is 0 Å². The first-order valence-electron chi connectivity index (χ1n) is 8.56. The van der Waals surface area contributed by atoms with Crippen LogP contribution in [-0.4, -0.2) is 51.2 Å². The number of rotatable bonds is 4. The van der Waals surface area contributed by atoms with Crippen molar-refractivity contribution < 1.29 is 14.3 Å². The molecule has 0 bridgehead atoms. The van der Waals surface area contributed by atoms with Crippen LogP contribution in [-0.2, 0) is 9.53 Å². The fourth-order valence-corrected chi connectivity index (χ4v) is 2.81. The molecule has 1 fully saturated rings. The molecule has 3 heterocycles. The van der Waals surface area contributed by atoms with Crippen molar-refractivity contribution in [3.8, 4) is 0 Å². The Morgan fingerprint density at radius 1 is 1.28 bits per heavy atom. The average molecular weight is 345 g/mol. The van der Waals surface area contributed by atoms with Gasteiger partial charge in [-0.25, -0.2) is 9.78 Å². The van der Waals surface area contributed by atoms with Crippen LogP contribution in [0.2, 0.25) is 0 Å². The molecule has 0 atom stereocenters. The van der Waals surface area contributed by atoms with Crippen LogP contribution < -0.4 is 5.32 Å². The van der Waals surface area contributed by atoms with E-state index >= 15 is 0 Å². The van der Waals surface area contributed by atoms with E-state index < -0.39 is 0 Å². The molecule has 0 unspecified atom stereocenters. The lowest BCUT2D eigenvalue weighted by Crippen LogP contribution is -2.42. The number of carbonyl (C=O) groups excluding carboxylic acids is 2. The van der Waals surface area contributed by atoms with E-state index in [1.807, 2.05) is 13.8 Å². The van der Waals surface area contributed by atoms with E-state index in [0.717, 1.165) is 0 Å². The van der Waals surface area contributed by atoms with Crippen molar-refractivity contribution in [1.29, 1.82) is 0 Å². The van der Waals surface area contributed by atoms with Gasteiger partial charge in [-0.2, -0.15) is 9.61 Å². The van der Waals surface area contributed by atoms with Gasteiger partial charge in [0, 0.05) is 31.3 Å². The van der Waals surface area contributed by atoms with Gasteiger partial charge in [0.1, 0.15) is 5.82 Å². The lowest BCUT2D eigenvalue weighted by atomic mass is 9.96. The highest BCUT2D eigenvalue weighted by atomic mass is 16.6. The summed E-state index contributed by atoms with van der Waals surface area (Å²) < 4.78 is 6.84. The summed E-state index contributed by atoms with van der Waals surface area (Å²) in [5.41, 5.74) is 0.681. The number of likely N-dealkylation sites (tertiary alicyclic amines) is 1. The van der Waals surface area contributed by atoms with Crippen molar-refractivity contribution in [3.63, 3.8) is 0 Å². The molecule has 1 N–H and O–H groups in total. The summed E-state index contributed by atoms with van der Waals surface area (Å²) in [6, 6.07) is 3.49. The monoisotopic (exact) mass is 345 g/mol. The largest absolute Gasteiger partial charge is 0.449 e. The van der Waals surface area contributed by atoms with E-state index in [1.54, 1.807) is 33.9 Å². The number of ether oxygens (including phenoxy) is 1. The molecule has 0 aromatic carbocycles. The molecule has 134 valence electrons. The van der Waals surface area contributed by atoms with E-state index in [9.17, 15) is 9.59 Å². The second-order valence-electron chi connectivity index (χ2n) is 6.65. The zero-order valence-corrected chi connectivity index (χ0v) is 14.5. The van der Waals surface area contributed by atoms with Gasteiger partial charge >= 0.3 is 6.09 Å². The van der Waals surface area contributed by atoms with E-state index in [2.05, 4.69) is 15.4 Å². The number of hydrogen-bond acceptors (Lipinski definition) is 5. The Hall–Kier alpha value is -2.64. The second kappa shape index (κ2) is 7.50. The van der Waals surface area contributed by atoms with Crippen molar-refractivity contribution in [2.45, 2.75) is 26.7 Å². The summed E-state index contributed by atoms with van der Waals surface area (Å²) >= 11 is 0. The Kier molecular flexibility index (Phi) is 5.16. The molecule has 2 amide bonds. The molecule has 0 radical (unpaired) electrons. The number of fused-ring (bicyclic) bond motifs is 1. The number of piperidine rings is 1. The van der Waals surface area contributed by atoms with Crippen LogP contribution in [0.5, 0.6) is 0 Å². The van der Waals surface area contributed by atoms with E-state index in [4.69, 9.17) is 4.74 Å². The Labute approximate surface area is 146 Å². The van der Waals surface area contributed by atoms with Crippen molar-refractivity contribution >= 4 is 23.5 Å². The van der Waals surface area contributed by atoms with Gasteiger partial charge in [-0.05, 0) is 24.8 Å². The number of aromatic nitrogens is 3. The second-order valence-corrected chi connectivity index (χ2v) is 6.65. The third kappa shape index (κ3) is 4.07. The lowest BCUT2D eigenvalue weighted by molar-refractivity contribution is -0.121. The molecular formula is C17H23N5O3. The summed E-state index contributed by atoms with van der Waals surface area (Å²) in [5.74, 6) is 0.719. The van der Waals surface area contributed by atoms with Gasteiger partial charge in [0.25, 0.3) is 0 Å². The molecule has 0 saturated carbocycles. The Balaban J connectivity index is 1.53. The van der Waals surface area contributed by atoms with Crippen LogP contribution in [0.1, 0.15) is 26.7 Å². The zero-order chi connectivity index (χ0) is 17.8. The summed E-state index contributed by atoms with van der Waals surface area (Å²) in [7, 11) is 0. The summed E-state index contributed by atoms with van der Waals surface area (Å²) in [4.78, 5) is 30.3. The zero-order valence-electron chi connectivity index (χ0n) is 14.5. The highest BCUT2D eigenvalue weighted by Crippen LogP contribution is 2.20. The maximum atomic E-state index is 12.5. The number of nitrogens with zero attached hydrogens (tertiary/aromatic N) is 4. The molecular weight excluding hydrogens is 322 g/mol. The normalized spacial score (nSPS) is 15.6. The summed E-state index contributed by atoms with van der Waals surface area (Å²) in [6.07, 6.45) is 4.23. The fraction of sp³-hybridized carbons (Fsp3) is 0.529. The first-order chi connectivity index (χ1) is 12.0. The quantitative estimate of drug-likeness (QED) is 0.917. The molecule has 1 aliphatic rings. The Morgan fingerprint density at radius 3 is 2.76 bits per heavy atom.